The molecule has 3 heteroatoms. The molecule has 0 atom stereocenters. The molecule has 0 saturated carbocycles. The maximum absolute atomic E-state index is 3.69. The van der Waals surface area contributed by atoms with Crippen LogP contribution < -0.4 is 24.8 Å². The molecule has 0 unspecified atom stereocenters. The first kappa shape index (κ1) is 44.9. The number of fused-ring (bicyclic) bond motifs is 3. The van der Waals surface area contributed by atoms with Gasteiger partial charge in [0, 0.05) is 0 Å². The number of allylic oxidation sites excluding steroid dienone is 4. The third-order valence-corrected chi connectivity index (χ3v) is 11.5. The molecule has 0 bridgehead atoms. The second-order valence-electron chi connectivity index (χ2n) is 16.7. The van der Waals surface area contributed by atoms with Gasteiger partial charge in [-0.2, -0.15) is 23.8 Å². The monoisotopic (exact) mass is 794 g/mol. The van der Waals surface area contributed by atoms with Crippen LogP contribution in [0.1, 0.15) is 131 Å². The number of hydrogen-bond donors (Lipinski definition) is 0. The van der Waals surface area contributed by atoms with E-state index in [1.54, 1.807) is 0 Å². The van der Waals surface area contributed by atoms with E-state index in [-0.39, 0.29) is 35.6 Å². The van der Waals surface area contributed by atoms with Crippen LogP contribution in [0.3, 0.4) is 0 Å². The van der Waals surface area contributed by atoms with Gasteiger partial charge in [0.1, 0.15) is 0 Å². The van der Waals surface area contributed by atoms with Gasteiger partial charge in [0.2, 0.25) is 0 Å². The van der Waals surface area contributed by atoms with Crippen LogP contribution in [0.2, 0.25) is 0 Å². The zero-order valence-electron chi connectivity index (χ0n) is 33.4. The summed E-state index contributed by atoms with van der Waals surface area (Å²) in [6.45, 7) is 29.3. The van der Waals surface area contributed by atoms with Gasteiger partial charge in [0.25, 0.3) is 0 Å². The molecular formula is C48H58Cl2Zr-2. The molecule has 6 rings (SSSR count). The van der Waals surface area contributed by atoms with E-state index in [0.29, 0.717) is 5.41 Å². The van der Waals surface area contributed by atoms with Gasteiger partial charge in [-0.1, -0.05) is 92.3 Å². The molecule has 0 nitrogen and oxygen atoms in total. The summed E-state index contributed by atoms with van der Waals surface area (Å²) in [6, 6.07) is 28.5. The van der Waals surface area contributed by atoms with Crippen molar-refractivity contribution in [1.29, 1.82) is 0 Å². The van der Waals surface area contributed by atoms with Crippen LogP contribution in [0.5, 0.6) is 0 Å². The first-order valence-corrected chi connectivity index (χ1v) is 19.3. The average molecular weight is 797 g/mol. The first-order chi connectivity index (χ1) is 22.8. The zero-order chi connectivity index (χ0) is 36.3. The summed E-state index contributed by atoms with van der Waals surface area (Å²) in [6.07, 6.45) is 11.0. The topological polar surface area (TPSA) is 0 Å². The molecule has 0 aliphatic heterocycles. The van der Waals surface area contributed by atoms with E-state index in [0.717, 1.165) is 12.8 Å². The van der Waals surface area contributed by atoms with E-state index < -0.39 is 0 Å². The van der Waals surface area contributed by atoms with Crippen molar-refractivity contribution >= 4 is 3.21 Å². The summed E-state index contributed by atoms with van der Waals surface area (Å²) in [5, 5.41) is 0. The minimum absolute atomic E-state index is 0. The smallest absolute Gasteiger partial charge is 1.00 e. The van der Waals surface area contributed by atoms with E-state index in [4.69, 9.17) is 0 Å². The number of hydrogen-bond acceptors (Lipinski definition) is 0. The van der Waals surface area contributed by atoms with Gasteiger partial charge < -0.3 is 24.8 Å². The molecule has 0 amide bonds. The second-order valence-corrected chi connectivity index (χ2v) is 18.0. The van der Waals surface area contributed by atoms with E-state index >= 15 is 0 Å². The Kier molecular flexibility index (Phi) is 16.0. The zero-order valence-corrected chi connectivity index (χ0v) is 37.4. The van der Waals surface area contributed by atoms with Gasteiger partial charge in [-0.05, 0) is 47.3 Å². The summed E-state index contributed by atoms with van der Waals surface area (Å²) in [5.74, 6) is 0. The molecule has 0 fully saturated rings. The van der Waals surface area contributed by atoms with Crippen LogP contribution in [0, 0.1) is 45.3 Å². The van der Waals surface area contributed by atoms with E-state index in [1.807, 2.05) is 0 Å². The Bertz CT molecular complexity index is 1740. The molecule has 0 spiro atoms. The fourth-order valence-electron chi connectivity index (χ4n) is 6.69. The van der Waals surface area contributed by atoms with Crippen LogP contribution in [-0.2, 0) is 41.5 Å². The maximum Gasteiger partial charge on any atom is -1.00 e. The quantitative estimate of drug-likeness (QED) is 0.176. The Morgan fingerprint density at radius 1 is 0.686 bits per heavy atom. The minimum atomic E-state index is 0. The standard InChI is InChI=1S/C23H29.C15H14.C10H15.2ClH.Zr/c1-14-9-16-11-17-10-15(2)21(23(6,7)8)13-19(17)18(16)12-20(14)22(3,4)5;1-12-3-7-14(8-4-12)11-15-9-5-13(2)6-10-15;1-4-10(2,3)9-7-5-6-8-9;;;/h9,12-13H,11H2,1-8H3;3-10H,1-2H3;5,7H,4,6H2,1-3H3;2*1H;/q-1;;-1;;;+2/p-2. The van der Waals surface area contributed by atoms with Gasteiger partial charge in [-0.15, -0.1) is 23.1 Å². The molecule has 0 radical (unpaired) electrons. The molecule has 0 heterocycles. The second kappa shape index (κ2) is 18.1. The Morgan fingerprint density at radius 2 is 1.18 bits per heavy atom. The summed E-state index contributed by atoms with van der Waals surface area (Å²) < 4.78 is 1.42. The van der Waals surface area contributed by atoms with Crippen LogP contribution in [0.4, 0.5) is 0 Å². The molecule has 2 aliphatic rings. The number of benzene rings is 4. The van der Waals surface area contributed by atoms with Crippen LogP contribution in [-0.4, -0.2) is 3.21 Å². The molecule has 270 valence electrons. The van der Waals surface area contributed by atoms with Gasteiger partial charge in [0.15, 0.2) is 0 Å². The summed E-state index contributed by atoms with van der Waals surface area (Å²) in [4.78, 5) is 0. The summed E-state index contributed by atoms with van der Waals surface area (Å²) in [5.41, 5.74) is 18.6. The van der Waals surface area contributed by atoms with Gasteiger partial charge in [-0.25, -0.2) is 11.6 Å². The molecule has 0 N–H and O–H groups in total. The van der Waals surface area contributed by atoms with Crippen molar-refractivity contribution in [2.24, 2.45) is 5.41 Å². The Labute approximate surface area is 338 Å². The van der Waals surface area contributed by atoms with Crippen molar-refractivity contribution in [3.8, 4) is 11.1 Å². The predicted molar refractivity (Wildman–Crippen MR) is 211 cm³/mol. The van der Waals surface area contributed by atoms with Gasteiger partial charge in [0.05, 0.1) is 0 Å². The van der Waals surface area contributed by atoms with Gasteiger partial charge >= 0.3 is 112 Å². The molecular weight excluding hydrogens is 739 g/mol. The summed E-state index contributed by atoms with van der Waals surface area (Å²) in [7, 11) is 0. The molecule has 4 aromatic rings. The summed E-state index contributed by atoms with van der Waals surface area (Å²) >= 11 is 1.46. The minimum Gasteiger partial charge on any atom is -1.00 e. The molecule has 2 aliphatic carbocycles. The van der Waals surface area contributed by atoms with E-state index in [9.17, 15) is 0 Å². The van der Waals surface area contributed by atoms with Crippen molar-refractivity contribution in [2.75, 3.05) is 0 Å². The fraction of sp³-hybridized carbons (Fsp3) is 0.396. The predicted octanol–water partition coefficient (Wildman–Crippen LogP) is 6.81. The number of rotatable bonds is 4. The normalized spacial score (nSPS) is 13.0. The Morgan fingerprint density at radius 3 is 1.61 bits per heavy atom. The first-order valence-electron chi connectivity index (χ1n) is 18.0. The maximum atomic E-state index is 3.69. The SMILES string of the molecule is CCC(C)(C)C1=[C-]CC=C1.Cc1[c-]c2c(cc1C(C)(C)C)-c1cc(C(C)(C)C)c(C)cc1C2.Cc1ccc([C](=[Zr+2])c2ccc(C)cc2)cc1.[Cl-].[Cl-]. The third kappa shape index (κ3) is 11.3. The van der Waals surface area contributed by atoms with E-state index in [1.165, 1.54) is 106 Å². The van der Waals surface area contributed by atoms with Crippen LogP contribution in [0.25, 0.3) is 11.1 Å². The van der Waals surface area contributed by atoms with Crippen molar-refractivity contribution in [3.63, 3.8) is 0 Å². The Hall–Kier alpha value is -2.31. The van der Waals surface area contributed by atoms with Crippen molar-refractivity contribution in [1.82, 2.24) is 0 Å². The van der Waals surface area contributed by atoms with Gasteiger partial charge in [-0.3, -0.25) is 6.08 Å². The molecule has 4 aromatic carbocycles. The average Bonchev–Trinajstić information content (AvgIpc) is 3.69. The Balaban J connectivity index is 0.000000281. The number of halogens is 2. The number of aryl methyl sites for hydroxylation is 4. The van der Waals surface area contributed by atoms with Crippen LogP contribution >= 0.6 is 0 Å². The van der Waals surface area contributed by atoms with E-state index in [2.05, 4.69) is 181 Å². The third-order valence-electron chi connectivity index (χ3n) is 10.1. The molecule has 51 heavy (non-hydrogen) atoms. The van der Waals surface area contributed by atoms with Crippen LogP contribution in [0.15, 0.2) is 84.5 Å². The fourth-order valence-corrected chi connectivity index (χ4v) is 7.51. The van der Waals surface area contributed by atoms with Crippen molar-refractivity contribution in [2.45, 2.75) is 120 Å². The molecule has 0 aromatic heterocycles. The van der Waals surface area contributed by atoms with Crippen molar-refractivity contribution in [3.05, 3.63) is 152 Å². The molecule has 0 saturated heterocycles. The largest absolute Gasteiger partial charge is 1.00 e. The van der Waals surface area contributed by atoms with Crippen molar-refractivity contribution < 1.29 is 49.0 Å².